The predicted molar refractivity (Wildman–Crippen MR) is 122 cm³/mol. The summed E-state index contributed by atoms with van der Waals surface area (Å²) in [5.74, 6) is 1.13. The van der Waals surface area contributed by atoms with Gasteiger partial charge in [0, 0.05) is 12.1 Å². The van der Waals surface area contributed by atoms with Crippen LogP contribution in [-0.2, 0) is 6.54 Å². The van der Waals surface area contributed by atoms with Crippen LogP contribution in [0.2, 0.25) is 0 Å². The maximum atomic E-state index is 13.0. The summed E-state index contributed by atoms with van der Waals surface area (Å²) in [5.41, 5.74) is 1.16. The van der Waals surface area contributed by atoms with Gasteiger partial charge in [-0.3, -0.25) is 18.6 Å². The van der Waals surface area contributed by atoms with Crippen molar-refractivity contribution in [3.63, 3.8) is 0 Å². The lowest BCUT2D eigenvalue weighted by Gasteiger charge is -2.12. The highest BCUT2D eigenvalue weighted by Gasteiger charge is 2.22. The molecule has 0 N–H and O–H groups in total. The minimum absolute atomic E-state index is 0.0199. The summed E-state index contributed by atoms with van der Waals surface area (Å²) in [7, 11) is 0. The van der Waals surface area contributed by atoms with E-state index in [9.17, 15) is 9.59 Å². The van der Waals surface area contributed by atoms with Crippen molar-refractivity contribution in [3.05, 3.63) is 77.1 Å². The predicted octanol–water partition coefficient (Wildman–Crippen LogP) is 3.99. The van der Waals surface area contributed by atoms with Gasteiger partial charge in [-0.05, 0) is 50.2 Å². The van der Waals surface area contributed by atoms with Crippen molar-refractivity contribution in [2.75, 3.05) is 6.61 Å². The van der Waals surface area contributed by atoms with Crippen molar-refractivity contribution in [2.24, 2.45) is 0 Å². The van der Waals surface area contributed by atoms with Crippen molar-refractivity contribution >= 4 is 34.2 Å². The number of carbonyl (C=O) groups is 1. The Morgan fingerprint density at radius 2 is 1.94 bits per heavy atom. The third kappa shape index (κ3) is 3.86. The molecule has 0 fully saturated rings. The van der Waals surface area contributed by atoms with Crippen LogP contribution in [0.5, 0.6) is 5.75 Å². The van der Waals surface area contributed by atoms with Gasteiger partial charge in [0.05, 0.1) is 22.8 Å². The van der Waals surface area contributed by atoms with Crippen LogP contribution < -0.4 is 10.3 Å². The van der Waals surface area contributed by atoms with Gasteiger partial charge in [0.15, 0.2) is 10.9 Å². The number of hydrogen-bond acceptors (Lipinski definition) is 6. The van der Waals surface area contributed by atoms with Crippen molar-refractivity contribution in [1.29, 1.82) is 0 Å². The molecule has 158 valence electrons. The monoisotopic (exact) mass is 434 g/mol. The zero-order valence-electron chi connectivity index (χ0n) is 17.3. The number of allylic oxidation sites excluding steroid dienone is 1. The first-order valence-electron chi connectivity index (χ1n) is 9.96. The van der Waals surface area contributed by atoms with Crippen molar-refractivity contribution in [1.82, 2.24) is 19.2 Å². The zero-order valence-corrected chi connectivity index (χ0v) is 18.1. The van der Waals surface area contributed by atoms with Gasteiger partial charge in [0.1, 0.15) is 5.75 Å². The highest BCUT2D eigenvalue weighted by atomic mass is 32.2. The SMILES string of the molecule is C=CCn1c(=O)c2ccccc2n2c(S[C@@H](C)C(=O)c3ccc(OCC)cc3)nnc12. The lowest BCUT2D eigenvalue weighted by molar-refractivity contribution is 0.0994. The molecule has 0 saturated heterocycles. The van der Waals surface area contributed by atoms with Gasteiger partial charge in [-0.1, -0.05) is 30.0 Å². The maximum absolute atomic E-state index is 13.0. The molecule has 31 heavy (non-hydrogen) atoms. The van der Waals surface area contributed by atoms with Crippen LogP contribution in [0.4, 0.5) is 0 Å². The number of Topliss-reactive ketones (excluding diaryl/α,β-unsaturated/α-hetero) is 1. The molecule has 4 rings (SSSR count). The Bertz CT molecular complexity index is 1320. The molecule has 2 heterocycles. The van der Waals surface area contributed by atoms with E-state index in [4.69, 9.17) is 4.74 Å². The normalized spacial score (nSPS) is 12.2. The highest BCUT2D eigenvalue weighted by Crippen LogP contribution is 2.27. The first-order valence-corrected chi connectivity index (χ1v) is 10.8. The molecular formula is C23H22N4O3S. The molecule has 0 saturated carbocycles. The average Bonchev–Trinajstić information content (AvgIpc) is 3.20. The standard InChI is InChI=1S/C23H22N4O3S/c1-4-14-26-21(29)18-8-6-7-9-19(18)27-22(26)24-25-23(27)31-15(3)20(28)16-10-12-17(13-11-16)30-5-2/h4,6-13,15H,1,5,14H2,2-3H3/t15-/m0/s1. The fraction of sp³-hybridized carbons (Fsp3) is 0.217. The van der Waals surface area contributed by atoms with Gasteiger partial charge >= 0.3 is 0 Å². The Morgan fingerprint density at radius 3 is 2.65 bits per heavy atom. The zero-order chi connectivity index (χ0) is 22.0. The molecule has 2 aromatic carbocycles. The van der Waals surface area contributed by atoms with Crippen LogP contribution in [0, 0.1) is 0 Å². The lowest BCUT2D eigenvalue weighted by Crippen LogP contribution is -2.23. The number of ether oxygens (including phenoxy) is 1. The van der Waals surface area contributed by atoms with Crippen LogP contribution in [0.25, 0.3) is 16.7 Å². The van der Waals surface area contributed by atoms with Gasteiger partial charge in [-0.25, -0.2) is 0 Å². The van der Waals surface area contributed by atoms with Gasteiger partial charge < -0.3 is 4.74 Å². The van der Waals surface area contributed by atoms with Crippen LogP contribution in [-0.4, -0.2) is 36.8 Å². The third-order valence-corrected chi connectivity index (χ3v) is 5.93. The Morgan fingerprint density at radius 1 is 1.19 bits per heavy atom. The number of hydrogen-bond donors (Lipinski definition) is 0. The Balaban J connectivity index is 1.72. The summed E-state index contributed by atoms with van der Waals surface area (Å²) >= 11 is 1.31. The molecule has 0 bridgehead atoms. The van der Waals surface area contributed by atoms with E-state index < -0.39 is 5.25 Å². The number of fused-ring (bicyclic) bond motifs is 3. The average molecular weight is 435 g/mol. The summed E-state index contributed by atoms with van der Waals surface area (Å²) in [6, 6.07) is 14.4. The largest absolute Gasteiger partial charge is 0.494 e. The maximum Gasteiger partial charge on any atom is 0.263 e. The summed E-state index contributed by atoms with van der Waals surface area (Å²) in [5, 5.41) is 9.25. The first kappa shape index (κ1) is 20.9. The molecule has 4 aromatic rings. The summed E-state index contributed by atoms with van der Waals surface area (Å²) in [6.07, 6.45) is 1.65. The number of thioether (sulfide) groups is 1. The van der Waals surface area contributed by atoms with E-state index >= 15 is 0 Å². The van der Waals surface area contributed by atoms with E-state index in [1.54, 1.807) is 36.4 Å². The van der Waals surface area contributed by atoms with Crippen LogP contribution in [0.15, 0.2) is 71.1 Å². The van der Waals surface area contributed by atoms with Gasteiger partial charge in [0.2, 0.25) is 5.78 Å². The molecule has 0 aliphatic rings. The lowest BCUT2D eigenvalue weighted by atomic mass is 10.1. The van der Waals surface area contributed by atoms with Crippen molar-refractivity contribution in [3.8, 4) is 5.75 Å². The molecular weight excluding hydrogens is 412 g/mol. The van der Waals surface area contributed by atoms with E-state index in [1.807, 2.05) is 36.4 Å². The summed E-state index contributed by atoms with van der Waals surface area (Å²) < 4.78 is 8.80. The molecule has 2 aromatic heterocycles. The summed E-state index contributed by atoms with van der Waals surface area (Å²) in [6.45, 7) is 8.38. The van der Waals surface area contributed by atoms with Crippen LogP contribution in [0.1, 0.15) is 24.2 Å². The number of aromatic nitrogens is 4. The Hall–Kier alpha value is -3.39. The van der Waals surface area contributed by atoms with Crippen molar-refractivity contribution < 1.29 is 9.53 Å². The fourth-order valence-electron chi connectivity index (χ4n) is 3.43. The molecule has 0 amide bonds. The number of benzene rings is 2. The van der Waals surface area contributed by atoms with Gasteiger partial charge in [-0.15, -0.1) is 16.8 Å². The second-order valence-electron chi connectivity index (χ2n) is 6.92. The van der Waals surface area contributed by atoms with Crippen molar-refractivity contribution in [2.45, 2.75) is 30.8 Å². The highest BCUT2D eigenvalue weighted by molar-refractivity contribution is 8.00. The fourth-order valence-corrected chi connectivity index (χ4v) is 4.36. The number of ketones is 1. The smallest absolute Gasteiger partial charge is 0.263 e. The second kappa shape index (κ2) is 8.77. The molecule has 0 aliphatic heterocycles. The minimum Gasteiger partial charge on any atom is -0.494 e. The third-order valence-electron chi connectivity index (χ3n) is 4.89. The quantitative estimate of drug-likeness (QED) is 0.237. The second-order valence-corrected chi connectivity index (χ2v) is 8.23. The van der Waals surface area contributed by atoms with Crippen LogP contribution in [0.3, 0.4) is 0 Å². The van der Waals surface area contributed by atoms with E-state index in [0.29, 0.717) is 40.6 Å². The number of nitrogens with zero attached hydrogens (tertiary/aromatic N) is 4. The molecule has 0 unspecified atom stereocenters. The Labute approximate surface area is 183 Å². The van der Waals surface area contributed by atoms with E-state index in [2.05, 4.69) is 16.8 Å². The van der Waals surface area contributed by atoms with Gasteiger partial charge in [-0.2, -0.15) is 0 Å². The van der Waals surface area contributed by atoms with E-state index in [-0.39, 0.29) is 11.3 Å². The number of rotatable bonds is 8. The van der Waals surface area contributed by atoms with Crippen LogP contribution >= 0.6 is 11.8 Å². The first-order chi connectivity index (χ1) is 15.0. The van der Waals surface area contributed by atoms with E-state index in [1.165, 1.54) is 16.3 Å². The molecule has 0 radical (unpaired) electrons. The molecule has 8 heteroatoms. The van der Waals surface area contributed by atoms with E-state index in [0.717, 1.165) is 5.75 Å². The number of para-hydroxylation sites is 1. The molecule has 0 aliphatic carbocycles. The molecule has 1 atom stereocenters. The molecule has 0 spiro atoms. The minimum atomic E-state index is -0.399. The summed E-state index contributed by atoms with van der Waals surface area (Å²) in [4.78, 5) is 25.9. The molecule has 7 nitrogen and oxygen atoms in total. The topological polar surface area (TPSA) is 78.5 Å². The van der Waals surface area contributed by atoms with Gasteiger partial charge in [0.25, 0.3) is 5.56 Å². The Kier molecular flexibility index (Phi) is 5.90. The number of carbonyl (C=O) groups excluding carboxylic acids is 1.